The van der Waals surface area contributed by atoms with E-state index in [0.29, 0.717) is 10.6 Å². The van der Waals surface area contributed by atoms with Crippen LogP contribution in [0, 0.1) is 6.92 Å². The van der Waals surface area contributed by atoms with Crippen molar-refractivity contribution in [3.8, 4) is 0 Å². The summed E-state index contributed by atoms with van der Waals surface area (Å²) in [6.45, 7) is 3.71. The summed E-state index contributed by atoms with van der Waals surface area (Å²) in [6, 6.07) is 13.0. The van der Waals surface area contributed by atoms with Crippen LogP contribution >= 0.6 is 11.3 Å². The molecule has 124 valence electrons. The first-order chi connectivity index (χ1) is 11.5. The highest BCUT2D eigenvalue weighted by molar-refractivity contribution is 7.13. The monoisotopic (exact) mass is 342 g/mol. The number of para-hydroxylation sites is 1. The van der Waals surface area contributed by atoms with Gasteiger partial charge in [-0.1, -0.05) is 18.2 Å². The number of hydrogen-bond donors (Lipinski definition) is 2. The van der Waals surface area contributed by atoms with Crippen LogP contribution in [0.5, 0.6) is 0 Å². The summed E-state index contributed by atoms with van der Waals surface area (Å²) in [7, 11) is 0. The molecule has 3 rings (SSSR count). The van der Waals surface area contributed by atoms with Crippen molar-refractivity contribution < 1.29 is 14.0 Å². The molecule has 2 heterocycles. The molecule has 3 aromatic rings. The molecule has 24 heavy (non-hydrogen) atoms. The first-order valence-electron chi connectivity index (χ1n) is 7.65. The van der Waals surface area contributed by atoms with Crippen molar-refractivity contribution >= 4 is 34.1 Å². The quantitative estimate of drug-likeness (QED) is 0.746. The normalized spacial score (nSPS) is 12.1. The molecule has 2 N–H and O–H groups in total. The Bertz CT molecular complexity index is 848. The molecule has 2 amide bonds. The third kappa shape index (κ3) is 3.65. The highest BCUT2D eigenvalue weighted by atomic mass is 32.1. The molecule has 5 nitrogen and oxygen atoms in total. The van der Waals surface area contributed by atoms with Crippen molar-refractivity contribution in [1.29, 1.82) is 0 Å². The fraction of sp³-hybridized carbons (Fsp3) is 0.222. The summed E-state index contributed by atoms with van der Waals surface area (Å²) in [5.74, 6) is 0.189. The Morgan fingerprint density at radius 3 is 2.71 bits per heavy atom. The number of carbonyl (C=O) groups is 2. The smallest absolute Gasteiger partial charge is 0.261 e. The number of nitrogens with one attached hydrogen (secondary N) is 2. The van der Waals surface area contributed by atoms with E-state index in [0.717, 1.165) is 15.8 Å². The summed E-state index contributed by atoms with van der Waals surface area (Å²) < 4.78 is 5.73. The lowest BCUT2D eigenvalue weighted by atomic mass is 10.2. The fourth-order valence-corrected chi connectivity index (χ4v) is 3.17. The molecular weight excluding hydrogens is 324 g/mol. The summed E-state index contributed by atoms with van der Waals surface area (Å²) in [4.78, 5) is 25.6. The average molecular weight is 342 g/mol. The van der Waals surface area contributed by atoms with Gasteiger partial charge in [0.15, 0.2) is 0 Å². The zero-order chi connectivity index (χ0) is 17.1. The minimum Gasteiger partial charge on any atom is -0.459 e. The van der Waals surface area contributed by atoms with E-state index in [1.54, 1.807) is 6.07 Å². The topological polar surface area (TPSA) is 71.3 Å². The van der Waals surface area contributed by atoms with Crippen molar-refractivity contribution in [3.05, 3.63) is 58.0 Å². The van der Waals surface area contributed by atoms with Crippen LogP contribution in [-0.4, -0.2) is 18.4 Å². The molecule has 1 unspecified atom stereocenters. The van der Waals surface area contributed by atoms with Gasteiger partial charge in [-0.15, -0.1) is 11.3 Å². The van der Waals surface area contributed by atoms with Crippen molar-refractivity contribution in [2.45, 2.75) is 19.9 Å². The molecule has 0 radical (unpaired) electrons. The van der Waals surface area contributed by atoms with Gasteiger partial charge < -0.3 is 15.1 Å². The minimum absolute atomic E-state index is 0.0691. The molecule has 0 spiro atoms. The molecule has 0 aliphatic rings. The molecular formula is C18H18N2O3S. The first-order valence-corrected chi connectivity index (χ1v) is 8.47. The van der Waals surface area contributed by atoms with E-state index in [4.69, 9.17) is 4.42 Å². The lowest BCUT2D eigenvalue weighted by molar-refractivity contribution is -0.120. The van der Waals surface area contributed by atoms with Crippen molar-refractivity contribution in [2.75, 3.05) is 6.54 Å². The van der Waals surface area contributed by atoms with Gasteiger partial charge >= 0.3 is 0 Å². The summed E-state index contributed by atoms with van der Waals surface area (Å²) in [6.07, 6.45) is 0. The van der Waals surface area contributed by atoms with Gasteiger partial charge in [0.1, 0.15) is 11.3 Å². The number of fused-ring (bicyclic) bond motifs is 1. The van der Waals surface area contributed by atoms with Gasteiger partial charge in [-0.05, 0) is 38.1 Å². The van der Waals surface area contributed by atoms with Crippen LogP contribution in [0.3, 0.4) is 0 Å². The molecule has 1 atom stereocenters. The molecule has 0 saturated heterocycles. The van der Waals surface area contributed by atoms with Crippen LogP contribution < -0.4 is 10.6 Å². The van der Waals surface area contributed by atoms with Gasteiger partial charge in [0, 0.05) is 10.3 Å². The Hall–Kier alpha value is -2.60. The van der Waals surface area contributed by atoms with Gasteiger partial charge in [0.25, 0.3) is 5.91 Å². The van der Waals surface area contributed by atoms with E-state index in [1.165, 1.54) is 11.3 Å². The third-order valence-electron chi connectivity index (χ3n) is 3.62. The Balaban J connectivity index is 1.55. The van der Waals surface area contributed by atoms with E-state index in [2.05, 4.69) is 10.6 Å². The Kier molecular flexibility index (Phi) is 4.66. The molecule has 2 aromatic heterocycles. The molecule has 6 heteroatoms. The number of amides is 2. The molecule has 0 fully saturated rings. The molecule has 1 aromatic carbocycles. The number of rotatable bonds is 5. The Morgan fingerprint density at radius 2 is 2.00 bits per heavy atom. The van der Waals surface area contributed by atoms with E-state index >= 15 is 0 Å². The minimum atomic E-state index is -0.272. The van der Waals surface area contributed by atoms with Crippen molar-refractivity contribution in [2.24, 2.45) is 0 Å². The summed E-state index contributed by atoms with van der Waals surface area (Å²) in [5, 5.41) is 6.44. The van der Waals surface area contributed by atoms with Crippen LogP contribution in [0.4, 0.5) is 0 Å². The standard InChI is InChI=1S/C18H18N2O3S/c1-11-7-8-16(24-11)18(22)19-10-17(21)20-12(2)15-9-13-5-3-4-6-14(13)23-15/h3-9,12H,10H2,1-2H3,(H,19,22)(H,20,21). The second-order valence-corrected chi connectivity index (χ2v) is 6.86. The number of benzene rings is 1. The number of hydrogen-bond acceptors (Lipinski definition) is 4. The maximum absolute atomic E-state index is 12.0. The Labute approximate surface area is 143 Å². The van der Waals surface area contributed by atoms with E-state index in [-0.39, 0.29) is 24.4 Å². The maximum atomic E-state index is 12.0. The van der Waals surface area contributed by atoms with E-state index < -0.39 is 0 Å². The highest BCUT2D eigenvalue weighted by Gasteiger charge is 2.15. The molecule has 0 aliphatic carbocycles. The predicted molar refractivity (Wildman–Crippen MR) is 94.2 cm³/mol. The van der Waals surface area contributed by atoms with Crippen molar-refractivity contribution in [1.82, 2.24) is 10.6 Å². The maximum Gasteiger partial charge on any atom is 0.261 e. The van der Waals surface area contributed by atoms with Crippen LogP contribution in [0.2, 0.25) is 0 Å². The first kappa shape index (κ1) is 16.3. The van der Waals surface area contributed by atoms with Crippen LogP contribution in [0.25, 0.3) is 11.0 Å². The van der Waals surface area contributed by atoms with Crippen LogP contribution in [-0.2, 0) is 4.79 Å². The third-order valence-corrected chi connectivity index (χ3v) is 4.62. The zero-order valence-corrected chi connectivity index (χ0v) is 14.3. The average Bonchev–Trinajstić information content (AvgIpc) is 3.18. The van der Waals surface area contributed by atoms with Gasteiger partial charge in [-0.25, -0.2) is 0 Å². The molecule has 0 saturated carbocycles. The number of furan rings is 1. The number of carbonyl (C=O) groups excluding carboxylic acids is 2. The highest BCUT2D eigenvalue weighted by Crippen LogP contribution is 2.23. The van der Waals surface area contributed by atoms with E-state index in [1.807, 2.05) is 50.2 Å². The molecule has 0 aliphatic heterocycles. The SMILES string of the molecule is Cc1ccc(C(=O)NCC(=O)NC(C)c2cc3ccccc3o2)s1. The van der Waals surface area contributed by atoms with Crippen LogP contribution in [0.1, 0.15) is 33.3 Å². The largest absolute Gasteiger partial charge is 0.459 e. The summed E-state index contributed by atoms with van der Waals surface area (Å²) >= 11 is 1.40. The second-order valence-electron chi connectivity index (χ2n) is 5.57. The Morgan fingerprint density at radius 1 is 1.21 bits per heavy atom. The lowest BCUT2D eigenvalue weighted by Gasteiger charge is -2.11. The van der Waals surface area contributed by atoms with Gasteiger partial charge in [0.2, 0.25) is 5.91 Å². The van der Waals surface area contributed by atoms with Crippen LogP contribution in [0.15, 0.2) is 46.9 Å². The second kappa shape index (κ2) is 6.88. The summed E-state index contributed by atoms with van der Waals surface area (Å²) in [5.41, 5.74) is 0.787. The number of aryl methyl sites for hydroxylation is 1. The van der Waals surface area contributed by atoms with E-state index in [9.17, 15) is 9.59 Å². The zero-order valence-electron chi connectivity index (χ0n) is 13.5. The number of thiophene rings is 1. The predicted octanol–water partition coefficient (Wildman–Crippen LogP) is 3.41. The van der Waals surface area contributed by atoms with Crippen molar-refractivity contribution in [3.63, 3.8) is 0 Å². The van der Waals surface area contributed by atoms with Gasteiger partial charge in [-0.3, -0.25) is 9.59 Å². The van der Waals surface area contributed by atoms with Gasteiger partial charge in [-0.2, -0.15) is 0 Å². The fourth-order valence-electron chi connectivity index (χ4n) is 2.38. The lowest BCUT2D eigenvalue weighted by Crippen LogP contribution is -2.37. The molecule has 0 bridgehead atoms. The van der Waals surface area contributed by atoms with Gasteiger partial charge in [0.05, 0.1) is 17.5 Å².